The highest BCUT2D eigenvalue weighted by Crippen LogP contribution is 2.25. The molecule has 0 aliphatic carbocycles. The summed E-state index contributed by atoms with van der Waals surface area (Å²) in [6, 6.07) is 13.2. The van der Waals surface area contributed by atoms with Crippen molar-refractivity contribution in [1.82, 2.24) is 10.6 Å². The van der Waals surface area contributed by atoms with E-state index >= 15 is 0 Å². The second kappa shape index (κ2) is 10.4. The van der Waals surface area contributed by atoms with E-state index in [-0.39, 0.29) is 0 Å². The minimum atomic E-state index is 0.487. The molecule has 1 saturated heterocycles. The lowest BCUT2D eigenvalue weighted by Crippen LogP contribution is -2.48. The molecule has 1 aromatic carbocycles. The van der Waals surface area contributed by atoms with E-state index in [1.165, 1.54) is 10.6 Å². The normalized spacial score (nSPS) is 16.7. The number of piperidine rings is 1. The summed E-state index contributed by atoms with van der Waals surface area (Å²) in [4.78, 5) is 6.89. The first-order valence-electron chi connectivity index (χ1n) is 10.1. The van der Waals surface area contributed by atoms with Crippen molar-refractivity contribution in [2.75, 3.05) is 38.7 Å². The molecule has 0 spiro atoms. The van der Waals surface area contributed by atoms with Gasteiger partial charge in [0.15, 0.2) is 5.96 Å². The fourth-order valence-electron chi connectivity index (χ4n) is 3.59. The van der Waals surface area contributed by atoms with Crippen molar-refractivity contribution in [3.8, 4) is 5.75 Å². The topological polar surface area (TPSA) is 48.9 Å². The van der Waals surface area contributed by atoms with Gasteiger partial charge in [0.2, 0.25) is 0 Å². The highest BCUT2D eigenvalue weighted by molar-refractivity contribution is 7.14. The van der Waals surface area contributed by atoms with Gasteiger partial charge in [-0.15, -0.1) is 11.3 Å². The molecule has 2 N–H and O–H groups in total. The Morgan fingerprint density at radius 3 is 2.61 bits per heavy atom. The van der Waals surface area contributed by atoms with Crippen LogP contribution >= 0.6 is 11.3 Å². The van der Waals surface area contributed by atoms with Crippen LogP contribution in [0.3, 0.4) is 0 Å². The minimum absolute atomic E-state index is 0.487. The summed E-state index contributed by atoms with van der Waals surface area (Å²) in [5, 5.41) is 10.6. The second-order valence-corrected chi connectivity index (χ2v) is 8.24. The number of methoxy groups -OCH3 is 1. The van der Waals surface area contributed by atoms with Crippen LogP contribution < -0.4 is 20.3 Å². The second-order valence-electron chi connectivity index (χ2n) is 7.32. The third kappa shape index (κ3) is 5.64. The molecule has 1 aliphatic rings. The highest BCUT2D eigenvalue weighted by atomic mass is 32.1. The molecule has 5 nitrogen and oxygen atoms in total. The van der Waals surface area contributed by atoms with Crippen LogP contribution in [-0.2, 0) is 0 Å². The van der Waals surface area contributed by atoms with Crippen LogP contribution in [0.5, 0.6) is 5.75 Å². The molecular formula is C22H32N4OS. The number of nitrogens with one attached hydrogen (secondary N) is 2. The maximum atomic E-state index is 5.24. The maximum absolute atomic E-state index is 5.24. The molecule has 0 radical (unpaired) electrons. The minimum Gasteiger partial charge on any atom is -0.497 e. The average molecular weight is 401 g/mol. The molecule has 0 saturated carbocycles. The van der Waals surface area contributed by atoms with Gasteiger partial charge >= 0.3 is 0 Å². The molecule has 2 heterocycles. The molecular weight excluding hydrogens is 368 g/mol. The van der Waals surface area contributed by atoms with Gasteiger partial charge in [0, 0.05) is 32.7 Å². The van der Waals surface area contributed by atoms with Gasteiger partial charge in [-0.2, -0.15) is 0 Å². The van der Waals surface area contributed by atoms with E-state index < -0.39 is 0 Å². The molecule has 3 rings (SSSR count). The van der Waals surface area contributed by atoms with Crippen molar-refractivity contribution in [1.29, 1.82) is 0 Å². The predicted molar refractivity (Wildman–Crippen MR) is 120 cm³/mol. The van der Waals surface area contributed by atoms with E-state index in [4.69, 9.17) is 4.74 Å². The fraction of sp³-hybridized carbons (Fsp3) is 0.500. The summed E-state index contributed by atoms with van der Waals surface area (Å²) in [7, 11) is 3.55. The number of thiophene rings is 1. The number of hydrogen-bond acceptors (Lipinski definition) is 4. The van der Waals surface area contributed by atoms with Crippen LogP contribution in [0, 0.1) is 0 Å². The van der Waals surface area contributed by atoms with Crippen LogP contribution in [-0.4, -0.2) is 45.8 Å². The van der Waals surface area contributed by atoms with E-state index in [0.29, 0.717) is 12.0 Å². The zero-order chi connectivity index (χ0) is 19.8. The molecule has 1 unspecified atom stereocenters. The van der Waals surface area contributed by atoms with E-state index in [0.717, 1.165) is 50.6 Å². The van der Waals surface area contributed by atoms with Crippen molar-refractivity contribution in [2.24, 2.45) is 4.99 Å². The van der Waals surface area contributed by atoms with Crippen molar-refractivity contribution in [2.45, 2.75) is 38.1 Å². The van der Waals surface area contributed by atoms with E-state index in [9.17, 15) is 0 Å². The number of hydrogen-bond donors (Lipinski definition) is 2. The maximum Gasteiger partial charge on any atom is 0.191 e. The molecule has 1 aliphatic heterocycles. The van der Waals surface area contributed by atoms with Crippen molar-refractivity contribution in [3.63, 3.8) is 0 Å². The summed E-state index contributed by atoms with van der Waals surface area (Å²) in [6.07, 6.45) is 3.34. The van der Waals surface area contributed by atoms with Gasteiger partial charge in [-0.1, -0.05) is 19.1 Å². The Morgan fingerprint density at radius 1 is 1.25 bits per heavy atom. The van der Waals surface area contributed by atoms with Crippen LogP contribution in [0.1, 0.15) is 37.7 Å². The lowest BCUT2D eigenvalue weighted by atomic mass is 9.98. The van der Waals surface area contributed by atoms with E-state index in [1.54, 1.807) is 7.11 Å². The Kier molecular flexibility index (Phi) is 7.60. The van der Waals surface area contributed by atoms with Crippen LogP contribution in [0.25, 0.3) is 0 Å². The van der Waals surface area contributed by atoms with Gasteiger partial charge in [-0.25, -0.2) is 0 Å². The predicted octanol–water partition coefficient (Wildman–Crippen LogP) is 4.08. The molecule has 1 atom stereocenters. The van der Waals surface area contributed by atoms with Crippen LogP contribution in [0.15, 0.2) is 46.8 Å². The third-order valence-corrected chi connectivity index (χ3v) is 6.36. The zero-order valence-electron chi connectivity index (χ0n) is 17.1. The lowest BCUT2D eigenvalue weighted by Gasteiger charge is -2.33. The highest BCUT2D eigenvalue weighted by Gasteiger charge is 2.20. The van der Waals surface area contributed by atoms with Crippen molar-refractivity contribution >= 4 is 22.3 Å². The molecule has 152 valence electrons. The number of aliphatic imine (C=N–C) groups is 1. The number of ether oxygens (including phenoxy) is 1. The first kappa shape index (κ1) is 20.5. The number of guanidine groups is 1. The quantitative estimate of drug-likeness (QED) is 0.543. The number of nitrogens with zero attached hydrogens (tertiary/aromatic N) is 2. The van der Waals surface area contributed by atoms with E-state index in [2.05, 4.69) is 57.1 Å². The van der Waals surface area contributed by atoms with Crippen LogP contribution in [0.2, 0.25) is 0 Å². The summed E-state index contributed by atoms with van der Waals surface area (Å²) >= 11 is 1.83. The SMILES string of the molecule is CN=C(NCCC(C)c1ccc(OC)cc1)NC1CCN(c2cccs2)CC1. The lowest BCUT2D eigenvalue weighted by molar-refractivity contribution is 0.414. The number of rotatable bonds is 7. The van der Waals surface area contributed by atoms with Gasteiger partial charge in [0.05, 0.1) is 12.1 Å². The molecule has 0 bridgehead atoms. The van der Waals surface area contributed by atoms with Crippen molar-refractivity contribution < 1.29 is 4.74 Å². The van der Waals surface area contributed by atoms with Gasteiger partial charge in [0.25, 0.3) is 0 Å². The summed E-state index contributed by atoms with van der Waals surface area (Å²) < 4.78 is 5.24. The Bertz CT molecular complexity index is 722. The molecule has 1 aromatic heterocycles. The zero-order valence-corrected chi connectivity index (χ0v) is 18.0. The third-order valence-electron chi connectivity index (χ3n) is 5.43. The first-order valence-corrected chi connectivity index (χ1v) is 11.0. The summed E-state index contributed by atoms with van der Waals surface area (Å²) in [6.45, 7) is 5.37. The average Bonchev–Trinajstić information content (AvgIpc) is 3.28. The van der Waals surface area contributed by atoms with Gasteiger partial charge < -0.3 is 20.3 Å². The molecule has 0 amide bonds. The summed E-state index contributed by atoms with van der Waals surface area (Å²) in [5.41, 5.74) is 1.34. The Hall–Kier alpha value is -2.21. The molecule has 6 heteroatoms. The van der Waals surface area contributed by atoms with Gasteiger partial charge in [-0.05, 0) is 60.4 Å². The van der Waals surface area contributed by atoms with Gasteiger partial charge in [0.1, 0.15) is 5.75 Å². The largest absolute Gasteiger partial charge is 0.497 e. The van der Waals surface area contributed by atoms with Gasteiger partial charge in [-0.3, -0.25) is 4.99 Å². The number of benzene rings is 1. The molecule has 28 heavy (non-hydrogen) atoms. The fourth-order valence-corrected chi connectivity index (χ4v) is 4.37. The smallest absolute Gasteiger partial charge is 0.191 e. The molecule has 2 aromatic rings. The van der Waals surface area contributed by atoms with Crippen molar-refractivity contribution in [3.05, 3.63) is 47.3 Å². The first-order chi connectivity index (χ1) is 13.7. The van der Waals surface area contributed by atoms with E-state index in [1.807, 2.05) is 30.5 Å². The number of anilines is 1. The summed E-state index contributed by atoms with van der Waals surface area (Å²) in [5.74, 6) is 2.31. The Morgan fingerprint density at radius 2 is 2.00 bits per heavy atom. The monoisotopic (exact) mass is 400 g/mol. The Balaban J connectivity index is 1.38. The Labute approximate surface area is 172 Å². The van der Waals surface area contributed by atoms with Crippen LogP contribution in [0.4, 0.5) is 5.00 Å². The standard InChI is InChI=1S/C22H32N4OS/c1-17(18-6-8-20(27-3)9-7-18)10-13-24-22(23-2)25-19-11-14-26(15-12-19)21-5-4-16-28-21/h4-9,16-17,19H,10-15H2,1-3H3,(H2,23,24,25). The molecule has 1 fully saturated rings.